The Morgan fingerprint density at radius 2 is 2.00 bits per heavy atom. The van der Waals surface area contributed by atoms with Crippen molar-refractivity contribution in [3.8, 4) is 11.5 Å². The van der Waals surface area contributed by atoms with Crippen LogP contribution in [0.4, 0.5) is 0 Å². The Morgan fingerprint density at radius 1 is 1.26 bits per heavy atom. The Labute approximate surface area is 115 Å². The van der Waals surface area contributed by atoms with Crippen molar-refractivity contribution in [3.63, 3.8) is 0 Å². The molecule has 1 aromatic rings. The number of hydrogen-bond donors (Lipinski definition) is 2. The average molecular weight is 265 g/mol. The third-order valence-corrected chi connectivity index (χ3v) is 2.59. The van der Waals surface area contributed by atoms with Gasteiger partial charge in [-0.1, -0.05) is 0 Å². The van der Waals surface area contributed by atoms with Gasteiger partial charge in [0.2, 0.25) is 0 Å². The molecule has 0 saturated heterocycles. The van der Waals surface area contributed by atoms with Crippen LogP contribution < -0.4 is 20.1 Å². The predicted octanol–water partition coefficient (Wildman–Crippen LogP) is 1.78. The number of rotatable bonds is 5. The highest BCUT2D eigenvalue weighted by atomic mass is 16.5. The zero-order valence-electron chi connectivity index (χ0n) is 12.3. The largest absolute Gasteiger partial charge is 0.497 e. The summed E-state index contributed by atoms with van der Waals surface area (Å²) in [5.41, 5.74) is 1.05. The second kappa shape index (κ2) is 7.51. The Morgan fingerprint density at radius 3 is 2.53 bits per heavy atom. The Kier molecular flexibility index (Phi) is 5.99. The van der Waals surface area contributed by atoms with Crippen LogP contribution in [0, 0.1) is 0 Å². The Bertz CT molecular complexity index is 431. The van der Waals surface area contributed by atoms with Crippen molar-refractivity contribution >= 4 is 5.96 Å². The third-order valence-electron chi connectivity index (χ3n) is 2.59. The van der Waals surface area contributed by atoms with Crippen molar-refractivity contribution < 1.29 is 9.47 Å². The van der Waals surface area contributed by atoms with Gasteiger partial charge in [-0.2, -0.15) is 0 Å². The minimum absolute atomic E-state index is 0.337. The first-order valence-corrected chi connectivity index (χ1v) is 6.28. The fraction of sp³-hybridized carbons (Fsp3) is 0.500. The molecule has 1 aromatic carbocycles. The summed E-state index contributed by atoms with van der Waals surface area (Å²) in [4.78, 5) is 4.16. The molecule has 0 aliphatic heterocycles. The van der Waals surface area contributed by atoms with Crippen LogP contribution in [0.25, 0.3) is 0 Å². The van der Waals surface area contributed by atoms with Crippen LogP contribution in [0.15, 0.2) is 23.2 Å². The summed E-state index contributed by atoms with van der Waals surface area (Å²) in [6.45, 7) is 4.78. The molecule has 19 heavy (non-hydrogen) atoms. The molecule has 5 heteroatoms. The molecular weight excluding hydrogens is 242 g/mol. The SMILES string of the molecule is CN=C(NCc1ccc(OC)cc1OC)NC(C)C. The average Bonchev–Trinajstić information content (AvgIpc) is 2.42. The summed E-state index contributed by atoms with van der Waals surface area (Å²) in [7, 11) is 5.05. The van der Waals surface area contributed by atoms with Gasteiger partial charge in [0.15, 0.2) is 5.96 Å². The summed E-state index contributed by atoms with van der Waals surface area (Å²) >= 11 is 0. The molecule has 0 bridgehead atoms. The van der Waals surface area contributed by atoms with E-state index in [1.807, 2.05) is 18.2 Å². The predicted molar refractivity (Wildman–Crippen MR) is 78.0 cm³/mol. The lowest BCUT2D eigenvalue weighted by atomic mass is 10.2. The molecule has 0 spiro atoms. The van der Waals surface area contributed by atoms with E-state index >= 15 is 0 Å². The zero-order chi connectivity index (χ0) is 14.3. The number of hydrogen-bond acceptors (Lipinski definition) is 3. The summed E-state index contributed by atoms with van der Waals surface area (Å²) in [5.74, 6) is 2.35. The number of benzene rings is 1. The zero-order valence-corrected chi connectivity index (χ0v) is 12.3. The van der Waals surface area contributed by atoms with E-state index in [-0.39, 0.29) is 0 Å². The van der Waals surface area contributed by atoms with Gasteiger partial charge in [-0.05, 0) is 26.0 Å². The van der Waals surface area contributed by atoms with E-state index in [4.69, 9.17) is 9.47 Å². The van der Waals surface area contributed by atoms with E-state index in [0.717, 1.165) is 23.0 Å². The molecule has 0 heterocycles. The normalized spacial score (nSPS) is 11.4. The van der Waals surface area contributed by atoms with E-state index in [1.54, 1.807) is 21.3 Å². The first-order chi connectivity index (χ1) is 9.10. The van der Waals surface area contributed by atoms with Gasteiger partial charge in [-0.15, -0.1) is 0 Å². The summed E-state index contributed by atoms with van der Waals surface area (Å²) in [5, 5.41) is 6.48. The lowest BCUT2D eigenvalue weighted by Gasteiger charge is -2.16. The fourth-order valence-electron chi connectivity index (χ4n) is 1.64. The van der Waals surface area contributed by atoms with Crippen LogP contribution in [0.2, 0.25) is 0 Å². The van der Waals surface area contributed by atoms with Gasteiger partial charge in [0.05, 0.1) is 14.2 Å². The lowest BCUT2D eigenvalue weighted by Crippen LogP contribution is -2.40. The van der Waals surface area contributed by atoms with Crippen molar-refractivity contribution in [3.05, 3.63) is 23.8 Å². The monoisotopic (exact) mass is 265 g/mol. The van der Waals surface area contributed by atoms with Crippen molar-refractivity contribution in [2.45, 2.75) is 26.4 Å². The first-order valence-electron chi connectivity index (χ1n) is 6.28. The summed E-state index contributed by atoms with van der Waals surface area (Å²) in [6.07, 6.45) is 0. The maximum absolute atomic E-state index is 5.35. The van der Waals surface area contributed by atoms with Gasteiger partial charge in [-0.3, -0.25) is 4.99 Å². The first kappa shape index (κ1) is 15.1. The minimum Gasteiger partial charge on any atom is -0.497 e. The lowest BCUT2D eigenvalue weighted by molar-refractivity contribution is 0.390. The molecule has 0 radical (unpaired) electrons. The van der Waals surface area contributed by atoms with Gasteiger partial charge >= 0.3 is 0 Å². The van der Waals surface area contributed by atoms with E-state index in [2.05, 4.69) is 29.5 Å². The molecule has 106 valence electrons. The minimum atomic E-state index is 0.337. The van der Waals surface area contributed by atoms with Crippen molar-refractivity contribution in [1.29, 1.82) is 0 Å². The summed E-state index contributed by atoms with van der Waals surface area (Å²) < 4.78 is 10.5. The van der Waals surface area contributed by atoms with Crippen LogP contribution in [0.1, 0.15) is 19.4 Å². The van der Waals surface area contributed by atoms with Gasteiger partial charge < -0.3 is 20.1 Å². The van der Waals surface area contributed by atoms with Gasteiger partial charge in [-0.25, -0.2) is 0 Å². The molecule has 0 aromatic heterocycles. The molecule has 0 fully saturated rings. The summed E-state index contributed by atoms with van der Waals surface area (Å²) in [6, 6.07) is 6.10. The second-order valence-corrected chi connectivity index (χ2v) is 4.40. The molecule has 0 unspecified atom stereocenters. The van der Waals surface area contributed by atoms with Crippen molar-refractivity contribution in [2.24, 2.45) is 4.99 Å². The molecule has 0 saturated carbocycles. The molecule has 1 rings (SSSR count). The fourth-order valence-corrected chi connectivity index (χ4v) is 1.64. The number of guanidine groups is 1. The van der Waals surface area contributed by atoms with Crippen LogP contribution in [-0.4, -0.2) is 33.3 Å². The van der Waals surface area contributed by atoms with Gasteiger partial charge in [0.1, 0.15) is 11.5 Å². The Hall–Kier alpha value is -1.91. The van der Waals surface area contributed by atoms with Gasteiger partial charge in [0, 0.05) is 31.3 Å². The number of aliphatic imine (C=N–C) groups is 1. The van der Waals surface area contributed by atoms with Crippen LogP contribution >= 0.6 is 0 Å². The molecule has 2 N–H and O–H groups in total. The second-order valence-electron chi connectivity index (χ2n) is 4.40. The topological polar surface area (TPSA) is 54.9 Å². The third kappa shape index (κ3) is 4.69. The standard InChI is InChI=1S/C14H23N3O2/c1-10(2)17-14(15-3)16-9-11-6-7-12(18-4)8-13(11)19-5/h6-8,10H,9H2,1-5H3,(H2,15,16,17). The molecular formula is C14H23N3O2. The van der Waals surface area contributed by atoms with Gasteiger partial charge in [0.25, 0.3) is 0 Å². The maximum Gasteiger partial charge on any atom is 0.191 e. The highest BCUT2D eigenvalue weighted by Gasteiger charge is 2.06. The molecule has 0 amide bonds. The smallest absolute Gasteiger partial charge is 0.191 e. The number of methoxy groups -OCH3 is 2. The van der Waals surface area contributed by atoms with Crippen molar-refractivity contribution in [2.75, 3.05) is 21.3 Å². The van der Waals surface area contributed by atoms with E-state index in [9.17, 15) is 0 Å². The maximum atomic E-state index is 5.35. The van der Waals surface area contributed by atoms with E-state index in [0.29, 0.717) is 12.6 Å². The molecule has 0 atom stereocenters. The van der Waals surface area contributed by atoms with Crippen molar-refractivity contribution in [1.82, 2.24) is 10.6 Å². The van der Waals surface area contributed by atoms with Crippen LogP contribution in [0.3, 0.4) is 0 Å². The molecule has 0 aliphatic rings. The quantitative estimate of drug-likeness (QED) is 0.629. The Balaban J connectivity index is 2.71. The van der Waals surface area contributed by atoms with Crippen LogP contribution in [0.5, 0.6) is 11.5 Å². The number of nitrogens with one attached hydrogen (secondary N) is 2. The van der Waals surface area contributed by atoms with E-state index < -0.39 is 0 Å². The highest BCUT2D eigenvalue weighted by Crippen LogP contribution is 2.24. The number of nitrogens with zero attached hydrogens (tertiary/aromatic N) is 1. The molecule has 5 nitrogen and oxygen atoms in total. The molecule has 0 aliphatic carbocycles. The van der Waals surface area contributed by atoms with E-state index in [1.165, 1.54) is 0 Å². The van der Waals surface area contributed by atoms with Crippen LogP contribution in [-0.2, 0) is 6.54 Å². The number of ether oxygens (including phenoxy) is 2. The highest BCUT2D eigenvalue weighted by molar-refractivity contribution is 5.79.